The number of nitrogens with one attached hydrogen (secondary N) is 1. The van der Waals surface area contributed by atoms with Crippen molar-refractivity contribution in [2.75, 3.05) is 12.3 Å². The Hall–Kier alpha value is -3.85. The molecule has 1 fully saturated rings. The number of nitrogens with zero attached hydrogens (tertiary/aromatic N) is 3. The average molecular weight is 467 g/mol. The Labute approximate surface area is 198 Å². The smallest absolute Gasteiger partial charge is 0.254 e. The van der Waals surface area contributed by atoms with Crippen molar-refractivity contribution in [2.45, 2.75) is 25.8 Å². The molecule has 1 atom stereocenters. The zero-order valence-corrected chi connectivity index (χ0v) is 17.9. The van der Waals surface area contributed by atoms with Gasteiger partial charge in [-0.05, 0) is 60.6 Å². The van der Waals surface area contributed by atoms with Crippen LogP contribution in [0.3, 0.4) is 0 Å². The van der Waals surface area contributed by atoms with E-state index in [0.29, 0.717) is 29.6 Å². The largest absolute Gasteiger partial charge is 0.388 e. The van der Waals surface area contributed by atoms with E-state index in [9.17, 15) is 14.3 Å². The fraction of sp³-hybridized carbons (Fsp3) is 0.240. The Morgan fingerprint density at radius 2 is 2.03 bits per heavy atom. The van der Waals surface area contributed by atoms with Crippen molar-refractivity contribution in [2.24, 2.45) is 5.41 Å². The maximum absolute atomic E-state index is 15.8. The van der Waals surface area contributed by atoms with Gasteiger partial charge in [0.2, 0.25) is 5.95 Å². The summed E-state index contributed by atoms with van der Waals surface area (Å²) in [4.78, 5) is 17.3. The Morgan fingerprint density at radius 3 is 2.74 bits per heavy atom. The first-order chi connectivity index (χ1) is 17.5. The molecule has 2 aromatic carbocycles. The second-order valence-electron chi connectivity index (χ2n) is 8.54. The number of hydrogen-bond acceptors (Lipinski definition) is 5. The first-order valence-corrected chi connectivity index (χ1v) is 10.7. The average Bonchev–Trinajstić information content (AvgIpc) is 3.55. The van der Waals surface area contributed by atoms with Crippen LogP contribution < -0.4 is 11.1 Å². The number of pyridine rings is 1. The van der Waals surface area contributed by atoms with E-state index in [0.717, 1.165) is 0 Å². The fourth-order valence-corrected chi connectivity index (χ4v) is 4.14. The minimum Gasteiger partial charge on any atom is -0.388 e. The SMILES string of the molecule is [2H]C([2H])([2H])c1ccc(-c2ccn3nc(N)nc3c2)c(F)c1C(=O)NCC1(C(O)c2ccc(F)cc2)CC1. The number of aliphatic hydroxyl groups is 1. The number of aliphatic hydroxyl groups excluding tert-OH is 1. The number of aromatic nitrogens is 3. The lowest BCUT2D eigenvalue weighted by Gasteiger charge is -2.23. The van der Waals surface area contributed by atoms with Gasteiger partial charge in [-0.15, -0.1) is 5.10 Å². The summed E-state index contributed by atoms with van der Waals surface area (Å²) in [5.74, 6) is -2.30. The van der Waals surface area contributed by atoms with Crippen molar-refractivity contribution < 1.29 is 22.8 Å². The summed E-state index contributed by atoms with van der Waals surface area (Å²) < 4.78 is 54.0. The monoisotopic (exact) mass is 466 g/mol. The quantitative estimate of drug-likeness (QED) is 0.401. The summed E-state index contributed by atoms with van der Waals surface area (Å²) in [6.45, 7) is -2.76. The highest BCUT2D eigenvalue weighted by molar-refractivity contribution is 5.97. The van der Waals surface area contributed by atoms with Crippen molar-refractivity contribution >= 4 is 17.5 Å². The number of nitrogen functional groups attached to an aromatic ring is 1. The summed E-state index contributed by atoms with van der Waals surface area (Å²) in [5.41, 5.74) is 5.10. The number of benzene rings is 2. The normalized spacial score (nSPS) is 17.0. The molecule has 1 amide bonds. The van der Waals surface area contributed by atoms with Crippen LogP contribution in [-0.2, 0) is 0 Å². The molecule has 4 aromatic rings. The predicted octanol–water partition coefficient (Wildman–Crippen LogP) is 3.81. The third-order valence-corrected chi connectivity index (χ3v) is 6.29. The zero-order chi connectivity index (χ0) is 26.5. The van der Waals surface area contributed by atoms with E-state index in [1.165, 1.54) is 53.2 Å². The molecule has 0 radical (unpaired) electrons. The number of amides is 1. The van der Waals surface area contributed by atoms with Crippen LogP contribution in [0.4, 0.5) is 14.7 Å². The number of hydrogen-bond donors (Lipinski definition) is 3. The molecule has 1 aliphatic carbocycles. The molecule has 0 spiro atoms. The number of aryl methyl sites for hydroxylation is 1. The summed E-state index contributed by atoms with van der Waals surface area (Å²) in [6, 6.07) is 11.0. The summed E-state index contributed by atoms with van der Waals surface area (Å²) in [6.07, 6.45) is 1.72. The van der Waals surface area contributed by atoms with Crippen molar-refractivity contribution in [1.82, 2.24) is 19.9 Å². The van der Waals surface area contributed by atoms with Gasteiger partial charge in [-0.3, -0.25) is 4.79 Å². The van der Waals surface area contributed by atoms with Gasteiger partial charge in [0.1, 0.15) is 11.6 Å². The van der Waals surface area contributed by atoms with Crippen molar-refractivity contribution in [3.05, 3.63) is 83.1 Å². The summed E-state index contributed by atoms with van der Waals surface area (Å²) in [5, 5.41) is 17.4. The van der Waals surface area contributed by atoms with Gasteiger partial charge in [0.25, 0.3) is 5.91 Å². The number of fused-ring (bicyclic) bond motifs is 1. The second kappa shape index (κ2) is 8.18. The lowest BCUT2D eigenvalue weighted by Crippen LogP contribution is -2.34. The van der Waals surface area contributed by atoms with Crippen LogP contribution in [0.15, 0.2) is 54.7 Å². The van der Waals surface area contributed by atoms with E-state index < -0.39 is 47.0 Å². The lowest BCUT2D eigenvalue weighted by atomic mass is 9.92. The molecule has 0 aliphatic heterocycles. The maximum atomic E-state index is 15.8. The molecule has 1 unspecified atom stereocenters. The molecule has 7 nitrogen and oxygen atoms in total. The molecule has 174 valence electrons. The first-order valence-electron chi connectivity index (χ1n) is 12.2. The number of carbonyl (C=O) groups is 1. The van der Waals surface area contributed by atoms with E-state index >= 15 is 4.39 Å². The number of anilines is 1. The molecular formula is C25H23F2N5O2. The highest BCUT2D eigenvalue weighted by atomic mass is 19.1. The molecule has 2 aromatic heterocycles. The van der Waals surface area contributed by atoms with Gasteiger partial charge >= 0.3 is 0 Å². The molecule has 0 bridgehead atoms. The van der Waals surface area contributed by atoms with E-state index in [2.05, 4.69) is 15.4 Å². The summed E-state index contributed by atoms with van der Waals surface area (Å²) in [7, 11) is 0. The van der Waals surface area contributed by atoms with Crippen LogP contribution in [0, 0.1) is 23.9 Å². The molecule has 1 aliphatic rings. The highest BCUT2D eigenvalue weighted by Gasteiger charge is 2.49. The van der Waals surface area contributed by atoms with Gasteiger partial charge in [0.15, 0.2) is 5.65 Å². The zero-order valence-electron chi connectivity index (χ0n) is 20.9. The number of halogens is 2. The van der Waals surface area contributed by atoms with Crippen LogP contribution in [-0.4, -0.2) is 32.2 Å². The molecular weight excluding hydrogens is 440 g/mol. The van der Waals surface area contributed by atoms with Crippen LogP contribution >= 0.6 is 0 Å². The van der Waals surface area contributed by atoms with Gasteiger partial charge in [0.05, 0.1) is 11.7 Å². The minimum absolute atomic E-state index is 0.00898. The van der Waals surface area contributed by atoms with Gasteiger partial charge in [-0.2, -0.15) is 4.98 Å². The number of nitrogens with two attached hydrogens (primary N) is 1. The van der Waals surface area contributed by atoms with Gasteiger partial charge in [0, 0.05) is 27.8 Å². The Bertz CT molecular complexity index is 1500. The highest BCUT2D eigenvalue weighted by Crippen LogP contribution is 2.54. The summed E-state index contributed by atoms with van der Waals surface area (Å²) >= 11 is 0. The maximum Gasteiger partial charge on any atom is 0.254 e. The molecule has 4 N–H and O–H groups in total. The second-order valence-corrected chi connectivity index (χ2v) is 8.54. The van der Waals surface area contributed by atoms with Crippen LogP contribution in [0.2, 0.25) is 0 Å². The molecule has 1 saturated carbocycles. The van der Waals surface area contributed by atoms with Gasteiger partial charge in [-0.25, -0.2) is 13.3 Å². The Balaban J connectivity index is 1.46. The Morgan fingerprint density at radius 1 is 1.26 bits per heavy atom. The van der Waals surface area contributed by atoms with Gasteiger partial charge in [-0.1, -0.05) is 24.3 Å². The van der Waals surface area contributed by atoms with Gasteiger partial charge < -0.3 is 16.2 Å². The first kappa shape index (κ1) is 18.6. The molecule has 2 heterocycles. The number of carbonyl (C=O) groups excluding carboxylic acids is 1. The fourth-order valence-electron chi connectivity index (χ4n) is 4.14. The van der Waals surface area contributed by atoms with Crippen molar-refractivity contribution in [1.29, 1.82) is 0 Å². The van der Waals surface area contributed by atoms with E-state index in [1.807, 2.05) is 0 Å². The van der Waals surface area contributed by atoms with Crippen molar-refractivity contribution in [3.8, 4) is 11.1 Å². The van der Waals surface area contributed by atoms with Crippen LogP contribution in [0.25, 0.3) is 16.8 Å². The number of rotatable bonds is 6. The topological polar surface area (TPSA) is 106 Å². The standard InChI is InChI=1S/C25H23F2N5O2/c1-14-2-7-18(16-8-11-32-19(12-16)30-24(28)31-32)21(27)20(14)23(34)29-13-25(9-10-25)22(33)15-3-5-17(26)6-4-15/h2-8,11-12,22,33H,9-10,13H2,1H3,(H2,28,31)(H,29,34)/i1D3. The van der Waals surface area contributed by atoms with Crippen LogP contribution in [0.5, 0.6) is 0 Å². The third kappa shape index (κ3) is 3.88. The van der Waals surface area contributed by atoms with E-state index in [4.69, 9.17) is 9.85 Å². The molecule has 9 heteroatoms. The Kier molecular flexibility index (Phi) is 4.46. The van der Waals surface area contributed by atoms with E-state index in [-0.39, 0.29) is 18.1 Å². The van der Waals surface area contributed by atoms with Crippen molar-refractivity contribution in [3.63, 3.8) is 0 Å². The van der Waals surface area contributed by atoms with E-state index in [1.54, 1.807) is 6.07 Å². The molecule has 5 rings (SSSR count). The predicted molar refractivity (Wildman–Crippen MR) is 123 cm³/mol. The molecule has 34 heavy (non-hydrogen) atoms. The lowest BCUT2D eigenvalue weighted by molar-refractivity contribution is 0.0805. The minimum atomic E-state index is -2.75. The third-order valence-electron chi connectivity index (χ3n) is 6.29. The van der Waals surface area contributed by atoms with Crippen LogP contribution in [0.1, 0.15) is 44.5 Å². The molecule has 0 saturated heterocycles.